The maximum atomic E-state index is 12.4. The number of aromatic nitrogens is 1. The van der Waals surface area contributed by atoms with Crippen LogP contribution < -0.4 is 9.46 Å². The van der Waals surface area contributed by atoms with Crippen LogP contribution in [0.1, 0.15) is 16.1 Å². The van der Waals surface area contributed by atoms with Crippen LogP contribution in [0.5, 0.6) is 11.5 Å². The number of aliphatic hydroxyl groups excluding tert-OH is 1. The average Bonchev–Trinajstić information content (AvgIpc) is 2.67. The van der Waals surface area contributed by atoms with E-state index in [4.69, 9.17) is 33.0 Å². The number of aliphatic hydroxyl groups is 1. The summed E-state index contributed by atoms with van der Waals surface area (Å²) in [6.07, 6.45) is 1.18. The van der Waals surface area contributed by atoms with Crippen LogP contribution in [0, 0.1) is 0 Å². The van der Waals surface area contributed by atoms with E-state index in [0.29, 0.717) is 27.2 Å². The molecule has 10 heteroatoms. The van der Waals surface area contributed by atoms with Crippen molar-refractivity contribution in [3.8, 4) is 11.5 Å². The fraction of sp³-hybridized carbons (Fsp3) is 0.0526. The smallest absolute Gasteiger partial charge is 0.266 e. The van der Waals surface area contributed by atoms with E-state index in [1.54, 1.807) is 18.2 Å². The van der Waals surface area contributed by atoms with Gasteiger partial charge in [-0.2, -0.15) is 0 Å². The van der Waals surface area contributed by atoms with Crippen molar-refractivity contribution in [3.63, 3.8) is 0 Å². The first kappa shape index (κ1) is 21.1. The maximum absolute atomic E-state index is 12.4. The minimum atomic E-state index is -4.10. The summed E-state index contributed by atoms with van der Waals surface area (Å²) < 4.78 is 32.4. The van der Waals surface area contributed by atoms with Crippen LogP contribution in [0.25, 0.3) is 0 Å². The van der Waals surface area contributed by atoms with Crippen LogP contribution in [0.3, 0.4) is 0 Å². The van der Waals surface area contributed by atoms with Crippen LogP contribution in [0.15, 0.2) is 65.7 Å². The molecule has 3 aromatic rings. The van der Waals surface area contributed by atoms with Gasteiger partial charge in [-0.25, -0.2) is 13.1 Å². The third-order valence-electron chi connectivity index (χ3n) is 3.68. The zero-order valence-corrected chi connectivity index (χ0v) is 17.0. The molecule has 7 nitrogen and oxygen atoms in total. The van der Waals surface area contributed by atoms with Gasteiger partial charge in [-0.3, -0.25) is 9.78 Å². The second kappa shape index (κ2) is 8.79. The topological polar surface area (TPSA) is 106 Å². The molecule has 1 aromatic heterocycles. The minimum Gasteiger partial charge on any atom is -0.457 e. The highest BCUT2D eigenvalue weighted by Crippen LogP contribution is 2.28. The molecule has 0 aliphatic heterocycles. The number of hydrogen-bond donors (Lipinski definition) is 2. The van der Waals surface area contributed by atoms with Gasteiger partial charge in [0.05, 0.1) is 22.8 Å². The van der Waals surface area contributed by atoms with Crippen molar-refractivity contribution >= 4 is 39.1 Å². The Morgan fingerprint density at radius 1 is 1.00 bits per heavy atom. The van der Waals surface area contributed by atoms with E-state index in [0.717, 1.165) is 0 Å². The average molecular weight is 453 g/mol. The molecule has 1 amide bonds. The number of rotatable bonds is 6. The van der Waals surface area contributed by atoms with Gasteiger partial charge in [0.1, 0.15) is 11.5 Å². The zero-order chi connectivity index (χ0) is 21.0. The zero-order valence-electron chi connectivity index (χ0n) is 14.7. The van der Waals surface area contributed by atoms with Gasteiger partial charge >= 0.3 is 0 Å². The number of carbonyl (C=O) groups excluding carboxylic acids is 1. The number of sulfonamides is 1. The maximum Gasteiger partial charge on any atom is 0.266 e. The number of ether oxygens (including phenoxy) is 1. The van der Waals surface area contributed by atoms with Crippen molar-refractivity contribution in [2.45, 2.75) is 11.5 Å². The third-order valence-corrected chi connectivity index (χ3v) is 5.47. The molecule has 0 radical (unpaired) electrons. The van der Waals surface area contributed by atoms with E-state index >= 15 is 0 Å². The highest BCUT2D eigenvalue weighted by atomic mass is 35.5. The minimum absolute atomic E-state index is 0.0450. The molecular weight excluding hydrogens is 439 g/mol. The van der Waals surface area contributed by atoms with Crippen molar-refractivity contribution < 1.29 is 23.1 Å². The molecule has 1 heterocycles. The number of carbonyl (C=O) groups is 1. The first-order chi connectivity index (χ1) is 13.8. The summed E-state index contributed by atoms with van der Waals surface area (Å²) in [7, 11) is -4.10. The summed E-state index contributed by atoms with van der Waals surface area (Å²) in [5.74, 6) is -0.0847. The van der Waals surface area contributed by atoms with Gasteiger partial charge in [0.15, 0.2) is 0 Å². The van der Waals surface area contributed by atoms with Gasteiger partial charge < -0.3 is 9.84 Å². The number of pyridine rings is 1. The molecule has 0 aliphatic carbocycles. The molecule has 0 spiro atoms. The number of halogens is 2. The molecule has 0 fully saturated rings. The van der Waals surface area contributed by atoms with E-state index < -0.39 is 15.9 Å². The Bertz CT molecular complexity index is 1110. The van der Waals surface area contributed by atoms with Crippen molar-refractivity contribution in [2.75, 3.05) is 0 Å². The quantitative estimate of drug-likeness (QED) is 0.589. The molecule has 0 saturated carbocycles. The summed E-state index contributed by atoms with van der Waals surface area (Å²) in [5.41, 5.74) is 0.407. The van der Waals surface area contributed by atoms with E-state index in [-0.39, 0.29) is 17.1 Å². The lowest BCUT2D eigenvalue weighted by Gasteiger charge is -2.09. The molecule has 0 unspecified atom stereocenters. The number of hydrogen-bond acceptors (Lipinski definition) is 6. The SMILES string of the molecule is O=C(NS(=O)(=O)c1ccc(Oc2cc(Cl)cc(Cl)c2)cc1)c1ccc(CO)nc1. The lowest BCUT2D eigenvalue weighted by molar-refractivity contribution is 0.0981. The highest BCUT2D eigenvalue weighted by Gasteiger charge is 2.19. The second-order valence-corrected chi connectivity index (χ2v) is 8.36. The molecular formula is C19H14Cl2N2O5S. The van der Waals surface area contributed by atoms with Crippen molar-refractivity contribution in [2.24, 2.45) is 0 Å². The number of amides is 1. The fourth-order valence-corrected chi connectivity index (χ4v) is 3.78. The van der Waals surface area contributed by atoms with Gasteiger partial charge in [0.25, 0.3) is 15.9 Å². The number of benzene rings is 2. The Morgan fingerprint density at radius 3 is 2.21 bits per heavy atom. The summed E-state index contributed by atoms with van der Waals surface area (Å²) >= 11 is 11.8. The van der Waals surface area contributed by atoms with Crippen molar-refractivity contribution in [3.05, 3.63) is 82.1 Å². The van der Waals surface area contributed by atoms with Gasteiger partial charge in [-0.15, -0.1) is 0 Å². The predicted molar refractivity (Wildman–Crippen MR) is 108 cm³/mol. The van der Waals surface area contributed by atoms with Gasteiger partial charge in [-0.05, 0) is 54.6 Å². The van der Waals surface area contributed by atoms with Crippen molar-refractivity contribution in [1.29, 1.82) is 0 Å². The van der Waals surface area contributed by atoms with E-state index in [9.17, 15) is 13.2 Å². The van der Waals surface area contributed by atoms with Crippen LogP contribution >= 0.6 is 23.2 Å². The number of nitrogens with one attached hydrogen (secondary N) is 1. The van der Waals surface area contributed by atoms with E-state index in [1.165, 1.54) is 42.6 Å². The van der Waals surface area contributed by atoms with Gasteiger partial charge in [0, 0.05) is 16.2 Å². The normalized spacial score (nSPS) is 11.1. The lowest BCUT2D eigenvalue weighted by Crippen LogP contribution is -2.30. The molecule has 2 aromatic carbocycles. The predicted octanol–water partition coefficient (Wildman–Crippen LogP) is 3.79. The summed E-state index contributed by atoms with van der Waals surface area (Å²) in [5, 5.41) is 9.76. The van der Waals surface area contributed by atoms with E-state index in [1.807, 2.05) is 4.72 Å². The Hall–Kier alpha value is -2.65. The fourth-order valence-electron chi connectivity index (χ4n) is 2.30. The monoisotopic (exact) mass is 452 g/mol. The Labute approximate surface area is 176 Å². The van der Waals surface area contributed by atoms with Crippen molar-refractivity contribution in [1.82, 2.24) is 9.71 Å². The molecule has 3 rings (SSSR count). The summed E-state index contributed by atoms with van der Waals surface area (Å²) in [4.78, 5) is 15.9. The number of nitrogens with zero attached hydrogens (tertiary/aromatic N) is 1. The lowest BCUT2D eigenvalue weighted by atomic mass is 10.2. The third kappa shape index (κ3) is 5.45. The molecule has 150 valence electrons. The highest BCUT2D eigenvalue weighted by molar-refractivity contribution is 7.90. The van der Waals surface area contributed by atoms with Crippen LogP contribution in [0.4, 0.5) is 0 Å². The molecule has 0 atom stereocenters. The first-order valence-corrected chi connectivity index (χ1v) is 10.4. The Kier molecular flexibility index (Phi) is 6.39. The van der Waals surface area contributed by atoms with E-state index in [2.05, 4.69) is 4.98 Å². The standard InChI is InChI=1S/C19H14Cl2N2O5S/c20-13-7-14(21)9-17(8-13)28-16-3-5-18(6-4-16)29(26,27)23-19(25)12-1-2-15(11-24)22-10-12/h1-10,24H,11H2,(H,23,25). The molecule has 0 aliphatic rings. The van der Waals surface area contributed by atoms with Gasteiger partial charge in [0.2, 0.25) is 0 Å². The van der Waals surface area contributed by atoms with Crippen LogP contribution in [-0.4, -0.2) is 24.4 Å². The Balaban J connectivity index is 1.72. The summed E-state index contributed by atoms with van der Waals surface area (Å²) in [6.45, 7) is -0.282. The van der Waals surface area contributed by atoms with Gasteiger partial charge in [-0.1, -0.05) is 23.2 Å². The molecule has 0 saturated heterocycles. The largest absolute Gasteiger partial charge is 0.457 e. The van der Waals surface area contributed by atoms with Crippen LogP contribution in [-0.2, 0) is 16.6 Å². The second-order valence-electron chi connectivity index (χ2n) is 5.81. The molecule has 29 heavy (non-hydrogen) atoms. The summed E-state index contributed by atoms with van der Waals surface area (Å²) in [6, 6.07) is 12.9. The Morgan fingerprint density at radius 2 is 1.66 bits per heavy atom. The van der Waals surface area contributed by atoms with Crippen LogP contribution in [0.2, 0.25) is 10.0 Å². The molecule has 0 bridgehead atoms. The molecule has 2 N–H and O–H groups in total. The first-order valence-electron chi connectivity index (χ1n) is 8.14.